The van der Waals surface area contributed by atoms with E-state index in [1.807, 2.05) is 27.7 Å². The number of halogens is 1. The molecule has 0 aromatic carbocycles. The van der Waals surface area contributed by atoms with Crippen molar-refractivity contribution in [2.75, 3.05) is 4.43 Å². The Bertz CT molecular complexity index is 300. The molecule has 0 aromatic heterocycles. The second-order valence-electron chi connectivity index (χ2n) is 6.60. The predicted octanol–water partition coefficient (Wildman–Crippen LogP) is 3.55. The fourth-order valence-corrected chi connectivity index (χ4v) is 3.41. The maximum Gasteiger partial charge on any atom is 0.306 e. The number of hydrogen-bond donors (Lipinski definition) is 1. The Morgan fingerprint density at radius 3 is 2.26 bits per heavy atom. The van der Waals surface area contributed by atoms with Gasteiger partial charge < -0.3 is 9.94 Å². The highest BCUT2D eigenvalue weighted by Crippen LogP contribution is 2.38. The molecule has 0 aromatic rings. The minimum absolute atomic E-state index is 0.0968. The Labute approximate surface area is 130 Å². The number of carbonyl (C=O) groups is 1. The number of rotatable bonds is 5. The summed E-state index contributed by atoms with van der Waals surface area (Å²) in [5.74, 6) is -0.104. The third-order valence-corrected chi connectivity index (χ3v) is 4.43. The zero-order valence-corrected chi connectivity index (χ0v) is 14.6. The Morgan fingerprint density at radius 2 is 1.79 bits per heavy atom. The summed E-state index contributed by atoms with van der Waals surface area (Å²) in [5.41, 5.74) is -0.732. The maximum atomic E-state index is 11.8. The van der Waals surface area contributed by atoms with Crippen LogP contribution in [0.5, 0.6) is 0 Å². The lowest BCUT2D eigenvalue weighted by atomic mass is 9.80. The molecule has 4 nitrogen and oxygen atoms in total. The lowest BCUT2D eigenvalue weighted by Gasteiger charge is -2.50. The summed E-state index contributed by atoms with van der Waals surface area (Å²) in [5, 5.41) is 11.6. The van der Waals surface area contributed by atoms with Gasteiger partial charge in [0.1, 0.15) is 6.10 Å². The summed E-state index contributed by atoms with van der Waals surface area (Å²) in [7, 11) is 0. The van der Waals surface area contributed by atoms with Crippen LogP contribution in [0.3, 0.4) is 0 Å². The van der Waals surface area contributed by atoms with E-state index in [2.05, 4.69) is 22.6 Å². The van der Waals surface area contributed by atoms with Crippen LogP contribution in [0.1, 0.15) is 59.8 Å². The largest absolute Gasteiger partial charge is 0.462 e. The summed E-state index contributed by atoms with van der Waals surface area (Å²) >= 11 is 2.32. The van der Waals surface area contributed by atoms with Gasteiger partial charge in [-0.1, -0.05) is 22.6 Å². The van der Waals surface area contributed by atoms with Crippen LogP contribution in [0.2, 0.25) is 0 Å². The zero-order chi connectivity index (χ0) is 14.7. The number of carbonyl (C=O) groups excluding carboxylic acids is 1. The van der Waals surface area contributed by atoms with Gasteiger partial charge in [-0.15, -0.1) is 0 Å². The fourth-order valence-electron chi connectivity index (χ4n) is 2.87. The highest BCUT2D eigenvalue weighted by Gasteiger charge is 2.46. The smallest absolute Gasteiger partial charge is 0.306 e. The third-order valence-electron chi connectivity index (χ3n) is 3.66. The molecule has 0 radical (unpaired) electrons. The number of hydroxylamine groups is 2. The van der Waals surface area contributed by atoms with Gasteiger partial charge in [-0.2, -0.15) is 5.06 Å². The van der Waals surface area contributed by atoms with E-state index in [4.69, 9.17) is 4.74 Å². The van der Waals surface area contributed by atoms with Crippen LogP contribution in [0, 0.1) is 0 Å². The van der Waals surface area contributed by atoms with E-state index in [1.165, 1.54) is 5.06 Å². The summed E-state index contributed by atoms with van der Waals surface area (Å²) in [6, 6.07) is 0. The van der Waals surface area contributed by atoms with Crippen molar-refractivity contribution in [1.82, 2.24) is 5.06 Å². The fraction of sp³-hybridized carbons (Fsp3) is 0.929. The van der Waals surface area contributed by atoms with Gasteiger partial charge in [-0.25, -0.2) is 0 Å². The Balaban J connectivity index is 2.53. The molecule has 0 aliphatic carbocycles. The lowest BCUT2D eigenvalue weighted by molar-refractivity contribution is -0.259. The molecule has 1 aliphatic heterocycles. The summed E-state index contributed by atoms with van der Waals surface area (Å²) in [6.07, 6.45) is 3.70. The van der Waals surface area contributed by atoms with Gasteiger partial charge in [0, 0.05) is 30.3 Å². The second-order valence-corrected chi connectivity index (χ2v) is 7.68. The minimum atomic E-state index is -0.366. The van der Waals surface area contributed by atoms with E-state index in [9.17, 15) is 10.0 Å². The van der Waals surface area contributed by atoms with Gasteiger partial charge in [-0.3, -0.25) is 4.79 Å². The van der Waals surface area contributed by atoms with Gasteiger partial charge in [0.2, 0.25) is 0 Å². The van der Waals surface area contributed by atoms with Crippen molar-refractivity contribution in [1.29, 1.82) is 0 Å². The normalized spacial score (nSPS) is 23.3. The van der Waals surface area contributed by atoms with Crippen molar-refractivity contribution in [3.05, 3.63) is 0 Å². The molecule has 1 aliphatic rings. The van der Waals surface area contributed by atoms with Crippen molar-refractivity contribution in [2.45, 2.75) is 77.0 Å². The van der Waals surface area contributed by atoms with E-state index >= 15 is 0 Å². The minimum Gasteiger partial charge on any atom is -0.462 e. The van der Waals surface area contributed by atoms with Gasteiger partial charge in [0.25, 0.3) is 0 Å². The van der Waals surface area contributed by atoms with E-state index in [1.54, 1.807) is 0 Å². The maximum absolute atomic E-state index is 11.8. The number of unbranched alkanes of at least 4 members (excludes halogenated alkanes) is 1. The zero-order valence-electron chi connectivity index (χ0n) is 12.4. The number of esters is 1. The van der Waals surface area contributed by atoms with Crippen LogP contribution in [-0.2, 0) is 9.53 Å². The van der Waals surface area contributed by atoms with E-state index in [-0.39, 0.29) is 23.2 Å². The third kappa shape index (κ3) is 4.86. The molecular formula is C14H26INO3. The number of hydrogen-bond acceptors (Lipinski definition) is 4. The van der Waals surface area contributed by atoms with Crippen LogP contribution in [0.15, 0.2) is 0 Å². The molecule has 1 fully saturated rings. The number of piperidine rings is 1. The molecule has 0 saturated carbocycles. The first-order chi connectivity index (χ1) is 8.69. The van der Waals surface area contributed by atoms with E-state index < -0.39 is 0 Å². The first-order valence-electron chi connectivity index (χ1n) is 6.94. The molecule has 5 heteroatoms. The number of ether oxygens (including phenoxy) is 1. The predicted molar refractivity (Wildman–Crippen MR) is 83.6 cm³/mol. The van der Waals surface area contributed by atoms with Crippen LogP contribution >= 0.6 is 22.6 Å². The molecule has 1 N–H and O–H groups in total. The number of alkyl halides is 1. The van der Waals surface area contributed by atoms with Crippen molar-refractivity contribution in [3.63, 3.8) is 0 Å². The standard InChI is InChI=1S/C14H26INO3/c1-13(2)9-11(10-14(3,4)16(13)18)19-12(17)7-5-6-8-15/h11,18H,5-10H2,1-4H3. The summed E-state index contributed by atoms with van der Waals surface area (Å²) in [6.45, 7) is 7.91. The second kappa shape index (κ2) is 6.72. The van der Waals surface area contributed by atoms with Crippen LogP contribution in [-0.4, -0.2) is 37.8 Å². The molecule has 1 rings (SSSR count). The lowest BCUT2D eigenvalue weighted by Crippen LogP contribution is -2.60. The summed E-state index contributed by atoms with van der Waals surface area (Å²) in [4.78, 5) is 11.8. The van der Waals surface area contributed by atoms with E-state index in [0.717, 1.165) is 17.3 Å². The van der Waals surface area contributed by atoms with Crippen LogP contribution in [0.4, 0.5) is 0 Å². The molecule has 0 unspecified atom stereocenters. The first kappa shape index (κ1) is 17.2. The highest BCUT2D eigenvalue weighted by molar-refractivity contribution is 14.1. The average molecular weight is 383 g/mol. The molecule has 0 amide bonds. The molecule has 0 bridgehead atoms. The topological polar surface area (TPSA) is 49.8 Å². The van der Waals surface area contributed by atoms with Crippen LogP contribution in [0.25, 0.3) is 0 Å². The Morgan fingerprint density at radius 1 is 1.26 bits per heavy atom. The molecule has 0 atom stereocenters. The van der Waals surface area contributed by atoms with Crippen molar-refractivity contribution in [2.24, 2.45) is 0 Å². The van der Waals surface area contributed by atoms with Crippen molar-refractivity contribution in [3.8, 4) is 0 Å². The molecule has 1 saturated heterocycles. The first-order valence-corrected chi connectivity index (χ1v) is 8.46. The van der Waals surface area contributed by atoms with Gasteiger partial charge in [0.05, 0.1) is 0 Å². The Kier molecular flexibility index (Phi) is 6.07. The molecule has 19 heavy (non-hydrogen) atoms. The number of nitrogens with zero attached hydrogens (tertiary/aromatic N) is 1. The molecule has 1 heterocycles. The quantitative estimate of drug-likeness (QED) is 0.342. The molecule has 112 valence electrons. The highest BCUT2D eigenvalue weighted by atomic mass is 127. The summed E-state index contributed by atoms with van der Waals surface area (Å²) < 4.78 is 6.66. The van der Waals surface area contributed by atoms with Crippen molar-refractivity contribution < 1.29 is 14.7 Å². The van der Waals surface area contributed by atoms with Crippen LogP contribution < -0.4 is 0 Å². The van der Waals surface area contributed by atoms with Gasteiger partial charge in [-0.05, 0) is 45.0 Å². The van der Waals surface area contributed by atoms with Gasteiger partial charge >= 0.3 is 5.97 Å². The molecule has 0 spiro atoms. The van der Waals surface area contributed by atoms with Crippen molar-refractivity contribution >= 4 is 28.6 Å². The Hall–Kier alpha value is 0.120. The van der Waals surface area contributed by atoms with E-state index in [0.29, 0.717) is 19.3 Å². The average Bonchev–Trinajstić information content (AvgIpc) is 2.25. The molecular weight excluding hydrogens is 357 g/mol. The SMILES string of the molecule is CC1(C)CC(OC(=O)CCCCI)CC(C)(C)N1O. The monoisotopic (exact) mass is 383 g/mol. The van der Waals surface area contributed by atoms with Gasteiger partial charge in [0.15, 0.2) is 0 Å².